The van der Waals surface area contributed by atoms with Gasteiger partial charge in [-0.1, -0.05) is 36.4 Å². The lowest BCUT2D eigenvalue weighted by molar-refractivity contribution is -0.124. The molecule has 0 unspecified atom stereocenters. The first kappa shape index (κ1) is 22.0. The highest BCUT2D eigenvalue weighted by Gasteiger charge is 2.26. The summed E-state index contributed by atoms with van der Waals surface area (Å²) in [5, 5.41) is 21.3. The topological polar surface area (TPSA) is 91.5 Å². The van der Waals surface area contributed by atoms with E-state index in [-0.39, 0.29) is 17.6 Å². The van der Waals surface area contributed by atoms with Crippen molar-refractivity contribution in [3.63, 3.8) is 0 Å². The maximum absolute atomic E-state index is 12.6. The first-order chi connectivity index (χ1) is 16.6. The summed E-state index contributed by atoms with van der Waals surface area (Å²) in [5.74, 6) is 1.23. The zero-order chi connectivity index (χ0) is 23.5. The van der Waals surface area contributed by atoms with Crippen molar-refractivity contribution >= 4 is 30.7 Å². The number of phenolic OH excluding ortho intramolecular Hbond substituents is 1. The van der Waals surface area contributed by atoms with Crippen LogP contribution in [-0.2, 0) is 17.6 Å². The summed E-state index contributed by atoms with van der Waals surface area (Å²) in [6, 6.07) is 17.4. The van der Waals surface area contributed by atoms with Gasteiger partial charge in [0.15, 0.2) is 5.65 Å². The molecule has 1 aliphatic carbocycles. The number of aromatic hydroxyl groups is 1. The minimum atomic E-state index is 0.0523. The standard InChI is InChI=1S/C26H28BN5O2/c27-21-16-30-32-24(15-22(31-25(21)32)20-9-3-4-10-23(20)33)28-11-5-6-12-29-26(34)19-13-17-7-1-2-8-18(17)14-19/h1-4,7-10,15-16,19,28,33H,5-6,11-14,27H2,(H,29,34). The highest BCUT2D eigenvalue weighted by atomic mass is 16.3. The Labute approximate surface area is 199 Å². The molecule has 0 radical (unpaired) electrons. The number of hydrogen-bond acceptors (Lipinski definition) is 5. The fourth-order valence-corrected chi connectivity index (χ4v) is 4.59. The fourth-order valence-electron chi connectivity index (χ4n) is 4.59. The van der Waals surface area contributed by atoms with Crippen molar-refractivity contribution in [2.24, 2.45) is 5.92 Å². The van der Waals surface area contributed by atoms with Crippen molar-refractivity contribution in [2.45, 2.75) is 25.7 Å². The Bertz CT molecular complexity index is 1310. The van der Waals surface area contributed by atoms with E-state index in [1.807, 2.05) is 38.2 Å². The Hall–Kier alpha value is -3.81. The molecule has 0 saturated heterocycles. The summed E-state index contributed by atoms with van der Waals surface area (Å²) in [6.07, 6.45) is 5.26. The average Bonchev–Trinajstić information content (AvgIpc) is 3.45. The maximum atomic E-state index is 12.6. The van der Waals surface area contributed by atoms with Crippen LogP contribution < -0.4 is 16.1 Å². The van der Waals surface area contributed by atoms with E-state index in [9.17, 15) is 9.90 Å². The first-order valence-electron chi connectivity index (χ1n) is 11.8. The summed E-state index contributed by atoms with van der Waals surface area (Å²) in [6.45, 7) is 1.41. The fraction of sp³-hybridized carbons (Fsp3) is 0.269. The predicted molar refractivity (Wildman–Crippen MR) is 136 cm³/mol. The largest absolute Gasteiger partial charge is 0.507 e. The van der Waals surface area contributed by atoms with Crippen LogP contribution in [0, 0.1) is 5.92 Å². The number of anilines is 1. The van der Waals surface area contributed by atoms with Crippen LogP contribution in [0.2, 0.25) is 0 Å². The second kappa shape index (κ2) is 9.59. The van der Waals surface area contributed by atoms with Crippen LogP contribution in [0.25, 0.3) is 16.9 Å². The molecule has 0 aliphatic heterocycles. The second-order valence-electron chi connectivity index (χ2n) is 8.91. The monoisotopic (exact) mass is 453 g/mol. The van der Waals surface area contributed by atoms with Crippen LogP contribution in [0.3, 0.4) is 0 Å². The van der Waals surface area contributed by atoms with Crippen molar-refractivity contribution in [2.75, 3.05) is 18.4 Å². The molecule has 2 aromatic heterocycles. The number of amides is 1. The van der Waals surface area contributed by atoms with Crippen LogP contribution in [-0.4, -0.2) is 46.5 Å². The molecular weight excluding hydrogens is 425 g/mol. The smallest absolute Gasteiger partial charge is 0.223 e. The summed E-state index contributed by atoms with van der Waals surface area (Å²) in [7, 11) is 1.97. The quantitative estimate of drug-likeness (QED) is 0.281. The number of fused-ring (bicyclic) bond motifs is 2. The first-order valence-corrected chi connectivity index (χ1v) is 11.8. The Morgan fingerprint density at radius 2 is 1.76 bits per heavy atom. The second-order valence-corrected chi connectivity index (χ2v) is 8.91. The van der Waals surface area contributed by atoms with Crippen LogP contribution in [0.15, 0.2) is 60.8 Å². The van der Waals surface area contributed by atoms with Crippen molar-refractivity contribution in [3.8, 4) is 17.0 Å². The number of carbonyl (C=O) groups is 1. The Morgan fingerprint density at radius 3 is 2.53 bits per heavy atom. The molecule has 8 heteroatoms. The molecule has 0 fully saturated rings. The summed E-state index contributed by atoms with van der Waals surface area (Å²) in [4.78, 5) is 17.3. The van der Waals surface area contributed by atoms with E-state index in [2.05, 4.69) is 27.9 Å². The zero-order valence-corrected chi connectivity index (χ0v) is 19.3. The van der Waals surface area contributed by atoms with E-state index in [4.69, 9.17) is 4.98 Å². The lowest BCUT2D eigenvalue weighted by Gasteiger charge is -2.13. The molecule has 1 amide bonds. The molecular formula is C26H28BN5O2. The van der Waals surface area contributed by atoms with Gasteiger partial charge in [0, 0.05) is 36.8 Å². The summed E-state index contributed by atoms with van der Waals surface area (Å²) >= 11 is 0. The Morgan fingerprint density at radius 1 is 1.06 bits per heavy atom. The Kier molecular flexibility index (Phi) is 6.21. The van der Waals surface area contributed by atoms with Gasteiger partial charge in [0.05, 0.1) is 5.69 Å². The van der Waals surface area contributed by atoms with Crippen LogP contribution in [0.5, 0.6) is 5.75 Å². The number of nitrogens with zero attached hydrogens (tertiary/aromatic N) is 3. The number of hydrogen-bond donors (Lipinski definition) is 3. The van der Waals surface area contributed by atoms with Gasteiger partial charge in [-0.3, -0.25) is 4.79 Å². The molecule has 1 aliphatic rings. The van der Waals surface area contributed by atoms with E-state index in [0.29, 0.717) is 17.8 Å². The summed E-state index contributed by atoms with van der Waals surface area (Å²) < 4.78 is 1.79. The molecule has 34 heavy (non-hydrogen) atoms. The molecule has 0 spiro atoms. The molecule has 4 aromatic rings. The zero-order valence-electron chi connectivity index (χ0n) is 19.3. The van der Waals surface area contributed by atoms with Gasteiger partial charge in [0.1, 0.15) is 19.4 Å². The molecule has 2 aromatic carbocycles. The number of phenols is 1. The van der Waals surface area contributed by atoms with Crippen molar-refractivity contribution in [3.05, 3.63) is 71.9 Å². The third-order valence-corrected chi connectivity index (χ3v) is 6.46. The van der Waals surface area contributed by atoms with Crippen LogP contribution in [0.4, 0.5) is 5.82 Å². The number of carbonyl (C=O) groups excluding carboxylic acids is 1. The molecule has 7 nitrogen and oxygen atoms in total. The molecule has 0 saturated carbocycles. The highest BCUT2D eigenvalue weighted by Crippen LogP contribution is 2.29. The SMILES string of the molecule is Bc1cnn2c(NCCCCNC(=O)C3Cc4ccccc4C3)cc(-c3ccccc3O)nc12. The molecule has 172 valence electrons. The highest BCUT2D eigenvalue weighted by molar-refractivity contribution is 6.36. The molecule has 2 heterocycles. The molecule has 5 rings (SSSR count). The number of nitrogens with one attached hydrogen (secondary N) is 2. The van der Waals surface area contributed by atoms with Crippen molar-refractivity contribution < 1.29 is 9.90 Å². The maximum Gasteiger partial charge on any atom is 0.223 e. The van der Waals surface area contributed by atoms with Crippen molar-refractivity contribution in [1.82, 2.24) is 19.9 Å². The van der Waals surface area contributed by atoms with Gasteiger partial charge >= 0.3 is 0 Å². The van der Waals surface area contributed by atoms with Gasteiger partial charge in [0.25, 0.3) is 0 Å². The van der Waals surface area contributed by atoms with E-state index in [0.717, 1.165) is 49.2 Å². The van der Waals surface area contributed by atoms with Crippen molar-refractivity contribution in [1.29, 1.82) is 0 Å². The predicted octanol–water partition coefficient (Wildman–Crippen LogP) is 2.08. The number of unbranched alkanes of at least 4 members (excludes halogenated alkanes) is 1. The van der Waals surface area contributed by atoms with Crippen LogP contribution in [0.1, 0.15) is 24.0 Å². The van der Waals surface area contributed by atoms with E-state index in [1.54, 1.807) is 22.8 Å². The van der Waals surface area contributed by atoms with E-state index >= 15 is 0 Å². The Balaban J connectivity index is 1.15. The number of para-hydroxylation sites is 1. The summed E-state index contributed by atoms with van der Waals surface area (Å²) in [5.41, 5.74) is 5.71. The van der Waals surface area contributed by atoms with Gasteiger partial charge in [-0.25, -0.2) is 4.98 Å². The minimum absolute atomic E-state index is 0.0523. The molecule has 0 bridgehead atoms. The third kappa shape index (κ3) is 4.48. The van der Waals surface area contributed by atoms with Crippen LogP contribution >= 0.6 is 0 Å². The van der Waals surface area contributed by atoms with E-state index in [1.165, 1.54) is 11.1 Å². The molecule has 3 N–H and O–H groups in total. The van der Waals surface area contributed by atoms with Gasteiger partial charge < -0.3 is 15.7 Å². The lowest BCUT2D eigenvalue weighted by atomic mass is 10.0. The average molecular weight is 453 g/mol. The normalized spacial score (nSPS) is 13.2. The van der Waals surface area contributed by atoms with E-state index < -0.39 is 0 Å². The van der Waals surface area contributed by atoms with Gasteiger partial charge in [-0.15, -0.1) is 0 Å². The number of benzene rings is 2. The number of aromatic nitrogens is 3. The van der Waals surface area contributed by atoms with Gasteiger partial charge in [-0.05, 0) is 54.4 Å². The number of rotatable bonds is 8. The lowest BCUT2D eigenvalue weighted by Crippen LogP contribution is -2.32. The van der Waals surface area contributed by atoms with Gasteiger partial charge in [0.2, 0.25) is 5.91 Å². The van der Waals surface area contributed by atoms with Gasteiger partial charge in [-0.2, -0.15) is 9.61 Å². The minimum Gasteiger partial charge on any atom is -0.507 e. The molecule has 0 atom stereocenters. The third-order valence-electron chi connectivity index (χ3n) is 6.46.